The van der Waals surface area contributed by atoms with Crippen LogP contribution in [0, 0.1) is 11.3 Å². The van der Waals surface area contributed by atoms with Crippen molar-refractivity contribution in [3.8, 4) is 6.07 Å². The van der Waals surface area contributed by atoms with Gasteiger partial charge in [-0.2, -0.15) is 5.26 Å². The van der Waals surface area contributed by atoms with E-state index in [-0.39, 0.29) is 12.6 Å². The Balaban J connectivity index is 2.29. The van der Waals surface area contributed by atoms with Gasteiger partial charge in [0.15, 0.2) is 0 Å². The van der Waals surface area contributed by atoms with E-state index in [2.05, 4.69) is 22.9 Å². The minimum Gasteiger partial charge on any atom is -0.394 e. The number of piperazine rings is 1. The minimum absolute atomic E-state index is 0.0725. The number of aliphatic hydroxyl groups excluding tert-OH is 1. The van der Waals surface area contributed by atoms with Gasteiger partial charge in [-0.3, -0.25) is 0 Å². The van der Waals surface area contributed by atoms with E-state index >= 15 is 0 Å². The SMILES string of the molecule is CN1CCN(c2ccccc2C#N)C(CO)C1. The van der Waals surface area contributed by atoms with Crippen LogP contribution in [0.5, 0.6) is 0 Å². The van der Waals surface area contributed by atoms with Crippen LogP contribution in [0.4, 0.5) is 5.69 Å². The molecule has 0 aromatic heterocycles. The summed E-state index contributed by atoms with van der Waals surface area (Å²) in [5.41, 5.74) is 1.61. The molecule has 0 bridgehead atoms. The van der Waals surface area contributed by atoms with Gasteiger partial charge >= 0.3 is 0 Å². The fourth-order valence-corrected chi connectivity index (χ4v) is 2.30. The number of likely N-dealkylation sites (N-methyl/N-ethyl adjacent to an activating group) is 1. The molecular weight excluding hydrogens is 214 g/mol. The van der Waals surface area contributed by atoms with E-state index in [9.17, 15) is 5.11 Å². The Hall–Kier alpha value is -1.57. The van der Waals surface area contributed by atoms with E-state index < -0.39 is 0 Å². The molecule has 1 unspecified atom stereocenters. The summed E-state index contributed by atoms with van der Waals surface area (Å²) in [5, 5.41) is 18.6. The molecule has 1 fully saturated rings. The predicted molar refractivity (Wildman–Crippen MR) is 66.9 cm³/mol. The van der Waals surface area contributed by atoms with Gasteiger partial charge in [-0.05, 0) is 19.2 Å². The Bertz CT molecular complexity index is 427. The van der Waals surface area contributed by atoms with Gasteiger partial charge < -0.3 is 14.9 Å². The molecule has 17 heavy (non-hydrogen) atoms. The second-order valence-electron chi connectivity index (χ2n) is 4.42. The van der Waals surface area contributed by atoms with Crippen molar-refractivity contribution in [2.24, 2.45) is 0 Å². The summed E-state index contributed by atoms with van der Waals surface area (Å²) in [6.45, 7) is 2.75. The van der Waals surface area contributed by atoms with E-state index in [0.29, 0.717) is 5.56 Å². The van der Waals surface area contributed by atoms with Crippen LogP contribution >= 0.6 is 0 Å². The molecule has 1 aromatic carbocycles. The molecule has 90 valence electrons. The lowest BCUT2D eigenvalue weighted by atomic mass is 10.1. The average Bonchev–Trinajstić information content (AvgIpc) is 2.38. The maximum Gasteiger partial charge on any atom is 0.101 e. The summed E-state index contributed by atoms with van der Waals surface area (Å²) in [6, 6.07) is 9.86. The van der Waals surface area contributed by atoms with E-state index in [0.717, 1.165) is 25.3 Å². The molecular formula is C13H17N3O. The lowest BCUT2D eigenvalue weighted by molar-refractivity contribution is 0.191. The highest BCUT2D eigenvalue weighted by Gasteiger charge is 2.26. The molecule has 2 rings (SSSR count). The molecule has 1 aromatic rings. The molecule has 1 aliphatic heterocycles. The van der Waals surface area contributed by atoms with Gasteiger partial charge in [0, 0.05) is 19.6 Å². The van der Waals surface area contributed by atoms with Crippen molar-refractivity contribution in [2.45, 2.75) is 6.04 Å². The first-order chi connectivity index (χ1) is 8.26. The van der Waals surface area contributed by atoms with Gasteiger partial charge in [-0.15, -0.1) is 0 Å². The number of nitriles is 1. The zero-order chi connectivity index (χ0) is 12.3. The molecule has 1 saturated heterocycles. The summed E-state index contributed by atoms with van der Waals surface area (Å²) in [6.07, 6.45) is 0. The zero-order valence-electron chi connectivity index (χ0n) is 10.0. The van der Waals surface area contributed by atoms with Crippen molar-refractivity contribution in [1.29, 1.82) is 5.26 Å². The summed E-state index contributed by atoms with van der Waals surface area (Å²) in [7, 11) is 2.05. The number of rotatable bonds is 2. The first-order valence-electron chi connectivity index (χ1n) is 5.81. The smallest absolute Gasteiger partial charge is 0.101 e. The number of aliphatic hydroxyl groups is 1. The van der Waals surface area contributed by atoms with Crippen LogP contribution in [-0.4, -0.2) is 49.3 Å². The lowest BCUT2D eigenvalue weighted by Gasteiger charge is -2.41. The van der Waals surface area contributed by atoms with Gasteiger partial charge in [0.25, 0.3) is 0 Å². The normalized spacial score (nSPS) is 21.2. The molecule has 0 amide bonds. The Morgan fingerprint density at radius 3 is 2.88 bits per heavy atom. The fourth-order valence-electron chi connectivity index (χ4n) is 2.30. The van der Waals surface area contributed by atoms with Crippen molar-refractivity contribution in [1.82, 2.24) is 4.90 Å². The maximum atomic E-state index is 9.45. The number of benzene rings is 1. The Morgan fingerprint density at radius 1 is 1.41 bits per heavy atom. The summed E-state index contributed by atoms with van der Waals surface area (Å²) < 4.78 is 0. The van der Waals surface area contributed by atoms with Crippen LogP contribution in [0.1, 0.15) is 5.56 Å². The molecule has 0 radical (unpaired) electrons. The van der Waals surface area contributed by atoms with E-state index in [1.807, 2.05) is 24.3 Å². The predicted octanol–water partition coefficient (Wildman–Crippen LogP) is 0.671. The zero-order valence-corrected chi connectivity index (χ0v) is 10.0. The highest BCUT2D eigenvalue weighted by Crippen LogP contribution is 2.23. The first-order valence-corrected chi connectivity index (χ1v) is 5.81. The van der Waals surface area contributed by atoms with Crippen molar-refractivity contribution in [2.75, 3.05) is 38.2 Å². The Morgan fingerprint density at radius 2 is 2.18 bits per heavy atom. The molecule has 0 spiro atoms. The van der Waals surface area contributed by atoms with Crippen LogP contribution in [0.2, 0.25) is 0 Å². The summed E-state index contributed by atoms with van der Waals surface area (Å²) in [5.74, 6) is 0. The lowest BCUT2D eigenvalue weighted by Crippen LogP contribution is -2.53. The molecule has 1 aliphatic rings. The molecule has 1 N–H and O–H groups in total. The molecule has 4 nitrogen and oxygen atoms in total. The highest BCUT2D eigenvalue weighted by molar-refractivity contribution is 5.60. The quantitative estimate of drug-likeness (QED) is 0.813. The Kier molecular flexibility index (Phi) is 3.62. The topological polar surface area (TPSA) is 50.5 Å². The largest absolute Gasteiger partial charge is 0.394 e. The maximum absolute atomic E-state index is 9.45. The third-order valence-corrected chi connectivity index (χ3v) is 3.23. The minimum atomic E-state index is 0.0725. The van der Waals surface area contributed by atoms with Crippen LogP contribution in [0.15, 0.2) is 24.3 Å². The van der Waals surface area contributed by atoms with Crippen molar-refractivity contribution in [3.05, 3.63) is 29.8 Å². The van der Waals surface area contributed by atoms with Gasteiger partial charge in [-0.25, -0.2) is 0 Å². The third-order valence-electron chi connectivity index (χ3n) is 3.23. The van der Waals surface area contributed by atoms with Crippen LogP contribution in [0.25, 0.3) is 0 Å². The van der Waals surface area contributed by atoms with Gasteiger partial charge in [0.05, 0.1) is 23.9 Å². The number of hydrogen-bond donors (Lipinski definition) is 1. The molecule has 1 heterocycles. The molecule has 4 heteroatoms. The van der Waals surface area contributed by atoms with E-state index in [4.69, 9.17) is 5.26 Å². The van der Waals surface area contributed by atoms with Crippen molar-refractivity contribution >= 4 is 5.69 Å². The standard InChI is InChI=1S/C13H17N3O/c1-15-6-7-16(12(9-15)10-17)13-5-3-2-4-11(13)8-14/h2-5,12,17H,6-7,9-10H2,1H3. The van der Waals surface area contributed by atoms with Gasteiger partial charge in [-0.1, -0.05) is 12.1 Å². The number of anilines is 1. The average molecular weight is 231 g/mol. The molecule has 1 atom stereocenters. The number of nitrogens with zero attached hydrogens (tertiary/aromatic N) is 3. The highest BCUT2D eigenvalue weighted by atomic mass is 16.3. The number of para-hydroxylation sites is 1. The van der Waals surface area contributed by atoms with Crippen LogP contribution in [0.3, 0.4) is 0 Å². The van der Waals surface area contributed by atoms with Crippen LogP contribution < -0.4 is 4.90 Å². The van der Waals surface area contributed by atoms with E-state index in [1.54, 1.807) is 0 Å². The Labute approximate surface area is 102 Å². The van der Waals surface area contributed by atoms with Crippen LogP contribution in [-0.2, 0) is 0 Å². The summed E-state index contributed by atoms with van der Waals surface area (Å²) in [4.78, 5) is 4.34. The van der Waals surface area contributed by atoms with Crippen molar-refractivity contribution < 1.29 is 5.11 Å². The third kappa shape index (κ3) is 2.41. The first kappa shape index (κ1) is 11.9. The second kappa shape index (κ2) is 5.17. The summed E-state index contributed by atoms with van der Waals surface area (Å²) >= 11 is 0. The van der Waals surface area contributed by atoms with E-state index in [1.165, 1.54) is 0 Å². The van der Waals surface area contributed by atoms with Gasteiger partial charge in [0.2, 0.25) is 0 Å². The van der Waals surface area contributed by atoms with Crippen molar-refractivity contribution in [3.63, 3.8) is 0 Å². The fraction of sp³-hybridized carbons (Fsp3) is 0.462. The molecule has 0 saturated carbocycles. The second-order valence-corrected chi connectivity index (χ2v) is 4.42. The van der Waals surface area contributed by atoms with Gasteiger partial charge in [0.1, 0.15) is 6.07 Å². The monoisotopic (exact) mass is 231 g/mol. The molecule has 0 aliphatic carbocycles. The number of hydrogen-bond acceptors (Lipinski definition) is 4.